The van der Waals surface area contributed by atoms with E-state index in [0.29, 0.717) is 0 Å². The largest absolute Gasteiger partial charge is 0.446 e. The van der Waals surface area contributed by atoms with Gasteiger partial charge in [-0.3, -0.25) is 0 Å². The van der Waals surface area contributed by atoms with Gasteiger partial charge in [0.05, 0.1) is 4.90 Å². The summed E-state index contributed by atoms with van der Waals surface area (Å²) >= 11 is 12.1. The molecular formula is C5Cl2F3IN2S. The van der Waals surface area contributed by atoms with Crippen molar-refractivity contribution in [2.45, 2.75) is 10.4 Å². The number of alkyl halides is 3. The summed E-state index contributed by atoms with van der Waals surface area (Å²) in [6.07, 6.45) is 0. The van der Waals surface area contributed by atoms with E-state index in [1.165, 1.54) is 0 Å². The van der Waals surface area contributed by atoms with E-state index >= 15 is 0 Å². The molecule has 1 rings (SSSR count). The number of hydrogen-bond donors (Lipinski definition) is 0. The minimum absolute atomic E-state index is 0.0786. The summed E-state index contributed by atoms with van der Waals surface area (Å²) in [7, 11) is 0. The SMILES string of the molecule is FC(F)(F)Sc1c(Cl)nc(Cl)nc1I. The molecule has 0 spiro atoms. The van der Waals surface area contributed by atoms with Crippen LogP contribution in [0.15, 0.2) is 4.90 Å². The summed E-state index contributed by atoms with van der Waals surface area (Å²) in [6, 6.07) is 0. The summed E-state index contributed by atoms with van der Waals surface area (Å²) in [4.78, 5) is 6.73. The van der Waals surface area contributed by atoms with Gasteiger partial charge < -0.3 is 0 Å². The van der Waals surface area contributed by atoms with Gasteiger partial charge >= 0.3 is 5.51 Å². The molecule has 0 aliphatic heterocycles. The second-order valence-corrected chi connectivity index (χ2v) is 4.74. The first-order valence-electron chi connectivity index (χ1n) is 2.94. The zero-order valence-corrected chi connectivity index (χ0v) is 10.6. The van der Waals surface area contributed by atoms with Crippen molar-refractivity contribution in [3.63, 3.8) is 0 Å². The first kappa shape index (κ1) is 12.6. The van der Waals surface area contributed by atoms with Crippen molar-refractivity contribution < 1.29 is 13.2 Å². The molecule has 0 N–H and O–H groups in total. The van der Waals surface area contributed by atoms with Crippen LogP contribution in [0, 0.1) is 3.70 Å². The van der Waals surface area contributed by atoms with Crippen molar-refractivity contribution in [1.82, 2.24) is 9.97 Å². The maximum Gasteiger partial charge on any atom is 0.446 e. The maximum absolute atomic E-state index is 12.0. The Morgan fingerprint density at radius 3 is 2.21 bits per heavy atom. The van der Waals surface area contributed by atoms with Crippen LogP contribution in [-0.4, -0.2) is 15.5 Å². The van der Waals surface area contributed by atoms with E-state index in [1.807, 2.05) is 0 Å². The van der Waals surface area contributed by atoms with Crippen LogP contribution in [0.1, 0.15) is 0 Å². The molecule has 1 aromatic rings. The predicted octanol–water partition coefficient (Wildman–Crippen LogP) is 4.00. The summed E-state index contributed by atoms with van der Waals surface area (Å²) in [5.41, 5.74) is -4.42. The molecule has 1 aromatic heterocycles. The van der Waals surface area contributed by atoms with Gasteiger partial charge in [-0.1, -0.05) is 11.6 Å². The summed E-state index contributed by atoms with van der Waals surface area (Å²) < 4.78 is 36.1. The van der Waals surface area contributed by atoms with Gasteiger partial charge in [-0.25, -0.2) is 9.97 Å². The standard InChI is InChI=1S/C5Cl2F3IN2S/c6-2-1(14-5(8,9)10)3(11)13-4(7)12-2. The van der Waals surface area contributed by atoms with Crippen LogP contribution in [0.4, 0.5) is 13.2 Å². The molecule has 0 amide bonds. The van der Waals surface area contributed by atoms with E-state index in [-0.39, 0.29) is 30.8 Å². The lowest BCUT2D eigenvalue weighted by molar-refractivity contribution is -0.0328. The molecule has 2 nitrogen and oxygen atoms in total. The van der Waals surface area contributed by atoms with E-state index in [4.69, 9.17) is 23.2 Å². The second kappa shape index (κ2) is 4.58. The Morgan fingerprint density at radius 1 is 1.21 bits per heavy atom. The highest BCUT2D eigenvalue weighted by atomic mass is 127. The van der Waals surface area contributed by atoms with Gasteiger partial charge in [-0.15, -0.1) is 0 Å². The summed E-state index contributed by atoms with van der Waals surface area (Å²) in [6.45, 7) is 0. The normalized spacial score (nSPS) is 11.9. The number of thioether (sulfide) groups is 1. The van der Waals surface area contributed by atoms with Gasteiger partial charge in [0.15, 0.2) is 0 Å². The van der Waals surface area contributed by atoms with E-state index in [2.05, 4.69) is 9.97 Å². The Labute approximate surface area is 105 Å². The first-order chi connectivity index (χ1) is 6.29. The fraction of sp³-hybridized carbons (Fsp3) is 0.200. The Morgan fingerprint density at radius 2 is 1.79 bits per heavy atom. The molecule has 0 saturated heterocycles. The third-order valence-corrected chi connectivity index (χ3v) is 3.50. The summed E-state index contributed by atoms with van der Waals surface area (Å²) in [5.74, 6) is 0. The number of rotatable bonds is 1. The molecular weight excluding hydrogens is 375 g/mol. The average Bonchev–Trinajstić information content (AvgIpc) is 1.95. The van der Waals surface area contributed by atoms with Gasteiger partial charge in [0.25, 0.3) is 0 Å². The van der Waals surface area contributed by atoms with Crippen LogP contribution in [-0.2, 0) is 0 Å². The molecule has 0 unspecified atom stereocenters. The molecule has 0 saturated carbocycles. The van der Waals surface area contributed by atoms with Crippen LogP contribution < -0.4 is 0 Å². The Bertz CT molecular complexity index is 336. The molecule has 78 valence electrons. The van der Waals surface area contributed by atoms with Crippen molar-refractivity contribution in [1.29, 1.82) is 0 Å². The van der Waals surface area contributed by atoms with Gasteiger partial charge in [-0.05, 0) is 46.0 Å². The van der Waals surface area contributed by atoms with Crippen LogP contribution in [0.2, 0.25) is 10.4 Å². The number of halogens is 6. The number of aromatic nitrogens is 2. The lowest BCUT2D eigenvalue weighted by Gasteiger charge is -2.07. The molecule has 0 aliphatic rings. The minimum atomic E-state index is -4.42. The summed E-state index contributed by atoms with van der Waals surface area (Å²) in [5, 5.41) is -0.470. The quantitative estimate of drug-likeness (QED) is 0.321. The zero-order chi connectivity index (χ0) is 10.9. The lowest BCUT2D eigenvalue weighted by atomic mass is 10.7. The zero-order valence-electron chi connectivity index (χ0n) is 6.07. The molecule has 14 heavy (non-hydrogen) atoms. The number of nitrogens with zero attached hydrogens (tertiary/aromatic N) is 2. The van der Waals surface area contributed by atoms with Crippen LogP contribution in [0.25, 0.3) is 0 Å². The van der Waals surface area contributed by atoms with E-state index in [1.54, 1.807) is 22.6 Å². The Kier molecular flexibility index (Phi) is 4.12. The topological polar surface area (TPSA) is 25.8 Å². The van der Waals surface area contributed by atoms with E-state index in [0.717, 1.165) is 0 Å². The van der Waals surface area contributed by atoms with Crippen molar-refractivity contribution in [3.05, 3.63) is 14.1 Å². The molecule has 1 heterocycles. The number of hydrogen-bond acceptors (Lipinski definition) is 3. The lowest BCUT2D eigenvalue weighted by Crippen LogP contribution is -2.02. The van der Waals surface area contributed by atoms with E-state index in [9.17, 15) is 13.2 Å². The molecule has 0 radical (unpaired) electrons. The van der Waals surface area contributed by atoms with Crippen LogP contribution in [0.3, 0.4) is 0 Å². The van der Waals surface area contributed by atoms with Crippen molar-refractivity contribution in [2.24, 2.45) is 0 Å². The van der Waals surface area contributed by atoms with Crippen molar-refractivity contribution in [3.8, 4) is 0 Å². The average molecular weight is 375 g/mol. The van der Waals surface area contributed by atoms with Gasteiger partial charge in [0, 0.05) is 0 Å². The smallest absolute Gasteiger partial charge is 0.211 e. The maximum atomic E-state index is 12.0. The van der Waals surface area contributed by atoms with Crippen LogP contribution in [0.5, 0.6) is 0 Å². The molecule has 0 aliphatic carbocycles. The Hall–Kier alpha value is 0.530. The van der Waals surface area contributed by atoms with Gasteiger partial charge in [0.1, 0.15) is 8.85 Å². The third-order valence-electron chi connectivity index (χ3n) is 0.973. The van der Waals surface area contributed by atoms with Gasteiger partial charge in [0.2, 0.25) is 5.28 Å². The van der Waals surface area contributed by atoms with Crippen molar-refractivity contribution in [2.75, 3.05) is 0 Å². The molecule has 0 bridgehead atoms. The fourth-order valence-electron chi connectivity index (χ4n) is 0.574. The van der Waals surface area contributed by atoms with E-state index < -0.39 is 5.51 Å². The molecule has 9 heteroatoms. The highest BCUT2D eigenvalue weighted by molar-refractivity contribution is 14.1. The minimum Gasteiger partial charge on any atom is -0.211 e. The molecule has 0 fully saturated rings. The highest BCUT2D eigenvalue weighted by Crippen LogP contribution is 2.41. The van der Waals surface area contributed by atoms with Crippen molar-refractivity contribution >= 4 is 57.6 Å². The Balaban J connectivity index is 3.09. The highest BCUT2D eigenvalue weighted by Gasteiger charge is 2.32. The van der Waals surface area contributed by atoms with Gasteiger partial charge in [-0.2, -0.15) is 13.2 Å². The fourth-order valence-corrected chi connectivity index (χ4v) is 2.68. The first-order valence-corrected chi connectivity index (χ1v) is 5.59. The molecule has 0 atom stereocenters. The monoisotopic (exact) mass is 374 g/mol. The molecule has 0 aromatic carbocycles. The predicted molar refractivity (Wildman–Crippen MR) is 56.7 cm³/mol. The third kappa shape index (κ3) is 3.59. The second-order valence-electron chi connectivity index (χ2n) is 1.95. The van der Waals surface area contributed by atoms with Crippen LogP contribution >= 0.6 is 57.6 Å².